The largest absolute Gasteiger partial charge is 0.495 e. The molecule has 0 saturated carbocycles. The van der Waals surface area contributed by atoms with Gasteiger partial charge in [0.15, 0.2) is 0 Å². The van der Waals surface area contributed by atoms with Crippen LogP contribution in [-0.2, 0) is 14.8 Å². The Balaban J connectivity index is 2.67. The van der Waals surface area contributed by atoms with Crippen LogP contribution in [0.5, 0.6) is 5.75 Å². The highest BCUT2D eigenvalue weighted by Crippen LogP contribution is 2.37. The number of nitro benzene ring substituents is 1. The van der Waals surface area contributed by atoms with Gasteiger partial charge in [-0.1, -0.05) is 23.2 Å². The third-order valence-electron chi connectivity index (χ3n) is 3.86. The zero-order valence-corrected chi connectivity index (χ0v) is 17.4. The summed E-state index contributed by atoms with van der Waals surface area (Å²) in [6.07, 6.45) is -0.370. The van der Waals surface area contributed by atoms with Crippen molar-refractivity contribution in [2.45, 2.75) is 17.7 Å². The van der Waals surface area contributed by atoms with Gasteiger partial charge in [0.1, 0.15) is 16.3 Å². The molecule has 0 unspecified atom stereocenters. The van der Waals surface area contributed by atoms with E-state index < -0.39 is 20.9 Å². The topological polar surface area (TPSA) is 127 Å². The first-order valence-electron chi connectivity index (χ1n) is 8.10. The highest BCUT2D eigenvalue weighted by molar-refractivity contribution is 7.93. The van der Waals surface area contributed by atoms with Crippen LogP contribution in [0.25, 0.3) is 0 Å². The highest BCUT2D eigenvalue weighted by atomic mass is 35.5. The Bertz CT molecular complexity index is 1040. The van der Waals surface area contributed by atoms with Crippen LogP contribution >= 0.6 is 23.2 Å². The second-order valence-corrected chi connectivity index (χ2v) is 8.44. The standard InChI is InChI=1S/C17H16Cl2N2O7S/c1-28-15-7-5-12(21(24)25)10-14(15)20(8-2-3-17(22)23)29(26,27)16-9-11(18)4-6-13(16)19/h4-7,9-10H,2-3,8H2,1H3,(H,22,23). The van der Waals surface area contributed by atoms with E-state index in [2.05, 4.69) is 0 Å². The lowest BCUT2D eigenvalue weighted by atomic mass is 10.2. The molecule has 2 aromatic rings. The van der Waals surface area contributed by atoms with E-state index in [0.717, 1.165) is 22.5 Å². The summed E-state index contributed by atoms with van der Waals surface area (Å²) in [5.41, 5.74) is -0.487. The molecule has 0 aliphatic heterocycles. The Labute approximate surface area is 176 Å². The van der Waals surface area contributed by atoms with Crippen LogP contribution in [0.3, 0.4) is 0 Å². The number of hydrogen-bond donors (Lipinski definition) is 1. The molecule has 0 heterocycles. The van der Waals surface area contributed by atoms with Crippen LogP contribution < -0.4 is 9.04 Å². The number of aliphatic carboxylic acids is 1. The van der Waals surface area contributed by atoms with E-state index in [0.29, 0.717) is 0 Å². The molecule has 0 aromatic heterocycles. The molecule has 12 heteroatoms. The molecule has 0 amide bonds. The van der Waals surface area contributed by atoms with Gasteiger partial charge in [-0.2, -0.15) is 0 Å². The van der Waals surface area contributed by atoms with E-state index in [1.54, 1.807) is 0 Å². The maximum absolute atomic E-state index is 13.3. The summed E-state index contributed by atoms with van der Waals surface area (Å²) in [4.78, 5) is 21.1. The molecule has 0 atom stereocenters. The van der Waals surface area contributed by atoms with Gasteiger partial charge in [0, 0.05) is 30.1 Å². The van der Waals surface area contributed by atoms with Gasteiger partial charge in [0.25, 0.3) is 15.7 Å². The van der Waals surface area contributed by atoms with Crippen molar-refractivity contribution >= 4 is 50.6 Å². The Morgan fingerprint density at radius 3 is 2.52 bits per heavy atom. The van der Waals surface area contributed by atoms with Gasteiger partial charge < -0.3 is 9.84 Å². The summed E-state index contributed by atoms with van der Waals surface area (Å²) in [5.74, 6) is -1.07. The molecule has 156 valence electrons. The number of hydrogen-bond acceptors (Lipinski definition) is 6. The third-order valence-corrected chi connectivity index (χ3v) is 6.38. The van der Waals surface area contributed by atoms with E-state index in [1.807, 2.05) is 0 Å². The van der Waals surface area contributed by atoms with Crippen molar-refractivity contribution in [1.29, 1.82) is 0 Å². The minimum absolute atomic E-state index is 0.0488. The molecule has 0 spiro atoms. The molecule has 0 fully saturated rings. The number of anilines is 1. The van der Waals surface area contributed by atoms with Gasteiger partial charge in [0.05, 0.1) is 17.1 Å². The monoisotopic (exact) mass is 462 g/mol. The molecule has 0 aliphatic carbocycles. The van der Waals surface area contributed by atoms with Gasteiger partial charge >= 0.3 is 5.97 Å². The number of non-ortho nitro benzene ring substituents is 1. The highest BCUT2D eigenvalue weighted by Gasteiger charge is 2.30. The lowest BCUT2D eigenvalue weighted by molar-refractivity contribution is -0.384. The van der Waals surface area contributed by atoms with Crippen molar-refractivity contribution in [3.63, 3.8) is 0 Å². The zero-order valence-electron chi connectivity index (χ0n) is 15.0. The number of rotatable bonds is 9. The van der Waals surface area contributed by atoms with Gasteiger partial charge in [-0.3, -0.25) is 19.2 Å². The van der Waals surface area contributed by atoms with E-state index in [-0.39, 0.29) is 51.5 Å². The fourth-order valence-electron chi connectivity index (χ4n) is 2.52. The summed E-state index contributed by atoms with van der Waals surface area (Å²) in [7, 11) is -3.08. The molecule has 0 aliphatic rings. The van der Waals surface area contributed by atoms with Gasteiger partial charge in [-0.05, 0) is 30.7 Å². The normalized spacial score (nSPS) is 11.1. The van der Waals surface area contributed by atoms with E-state index in [1.165, 1.54) is 25.3 Å². The fourth-order valence-corrected chi connectivity index (χ4v) is 4.77. The second-order valence-electron chi connectivity index (χ2n) is 5.76. The minimum atomic E-state index is -4.36. The molecule has 1 N–H and O–H groups in total. The molecule has 2 aromatic carbocycles. The molecule has 0 saturated heterocycles. The first kappa shape index (κ1) is 22.7. The summed E-state index contributed by atoms with van der Waals surface area (Å²) in [6, 6.07) is 7.31. The Hall–Kier alpha value is -2.56. The summed E-state index contributed by atoms with van der Waals surface area (Å²) < 4.78 is 32.7. The summed E-state index contributed by atoms with van der Waals surface area (Å²) in [6.45, 7) is -0.283. The first-order chi connectivity index (χ1) is 13.6. The van der Waals surface area contributed by atoms with Gasteiger partial charge in [0.2, 0.25) is 0 Å². The number of methoxy groups -OCH3 is 1. The van der Waals surface area contributed by atoms with Crippen LogP contribution in [0.4, 0.5) is 11.4 Å². The number of nitrogens with zero attached hydrogens (tertiary/aromatic N) is 2. The fraction of sp³-hybridized carbons (Fsp3) is 0.235. The van der Waals surface area contributed by atoms with Gasteiger partial charge in [-0.25, -0.2) is 8.42 Å². The maximum atomic E-state index is 13.3. The second kappa shape index (κ2) is 9.29. The number of halogens is 2. The van der Waals surface area contributed by atoms with E-state index >= 15 is 0 Å². The third kappa shape index (κ3) is 5.28. The van der Waals surface area contributed by atoms with Gasteiger partial charge in [-0.15, -0.1) is 0 Å². The van der Waals surface area contributed by atoms with Crippen LogP contribution in [0, 0.1) is 10.1 Å². The summed E-state index contributed by atoms with van der Waals surface area (Å²) in [5, 5.41) is 20.1. The Morgan fingerprint density at radius 1 is 1.24 bits per heavy atom. The van der Waals surface area contributed by atoms with Crippen molar-refractivity contribution in [1.82, 2.24) is 0 Å². The lowest BCUT2D eigenvalue weighted by Crippen LogP contribution is -2.33. The molecule has 0 bridgehead atoms. The molecule has 29 heavy (non-hydrogen) atoms. The van der Waals surface area contributed by atoms with Crippen molar-refractivity contribution in [2.75, 3.05) is 18.0 Å². The molecule has 0 radical (unpaired) electrons. The van der Waals surface area contributed by atoms with Crippen LogP contribution in [0.15, 0.2) is 41.3 Å². The van der Waals surface area contributed by atoms with Crippen molar-refractivity contribution in [3.05, 3.63) is 56.6 Å². The average molecular weight is 463 g/mol. The molecular formula is C17H16Cl2N2O7S. The molecule has 9 nitrogen and oxygen atoms in total. The van der Waals surface area contributed by atoms with Crippen molar-refractivity contribution in [2.24, 2.45) is 0 Å². The lowest BCUT2D eigenvalue weighted by Gasteiger charge is -2.26. The van der Waals surface area contributed by atoms with Crippen LogP contribution in [0.2, 0.25) is 10.0 Å². The average Bonchev–Trinajstić information content (AvgIpc) is 2.66. The van der Waals surface area contributed by atoms with E-state index in [4.69, 9.17) is 33.0 Å². The maximum Gasteiger partial charge on any atom is 0.303 e. The quantitative estimate of drug-likeness (QED) is 0.440. The Kier molecular flexibility index (Phi) is 7.28. The van der Waals surface area contributed by atoms with Crippen LogP contribution in [-0.4, -0.2) is 38.1 Å². The van der Waals surface area contributed by atoms with E-state index in [9.17, 15) is 23.3 Å². The number of benzene rings is 2. The summed E-state index contributed by atoms with van der Waals surface area (Å²) >= 11 is 12.0. The minimum Gasteiger partial charge on any atom is -0.495 e. The van der Waals surface area contributed by atoms with Crippen molar-refractivity contribution in [3.8, 4) is 5.75 Å². The number of sulfonamides is 1. The number of carboxylic acid groups (broad SMARTS) is 1. The van der Waals surface area contributed by atoms with Crippen LogP contribution in [0.1, 0.15) is 12.8 Å². The number of carbonyl (C=O) groups is 1. The number of carboxylic acids is 1. The predicted molar refractivity (Wildman–Crippen MR) is 108 cm³/mol. The zero-order chi connectivity index (χ0) is 21.8. The number of nitro groups is 1. The van der Waals surface area contributed by atoms with Crippen molar-refractivity contribution < 1.29 is 28.0 Å². The Morgan fingerprint density at radius 2 is 1.93 bits per heavy atom. The SMILES string of the molecule is COc1ccc([N+](=O)[O-])cc1N(CCCC(=O)O)S(=O)(=O)c1cc(Cl)ccc1Cl. The smallest absolute Gasteiger partial charge is 0.303 e. The first-order valence-corrected chi connectivity index (χ1v) is 10.3. The predicted octanol–water partition coefficient (Wildman–Crippen LogP) is 3.97. The molecule has 2 rings (SSSR count). The number of ether oxygens (including phenoxy) is 1. The molecular weight excluding hydrogens is 447 g/mol.